The van der Waals surface area contributed by atoms with Crippen LogP contribution < -0.4 is 5.56 Å². The summed E-state index contributed by atoms with van der Waals surface area (Å²) in [4.78, 5) is 28.8. The van der Waals surface area contributed by atoms with E-state index in [1.54, 1.807) is 36.4 Å². The number of rotatable bonds is 6. The molecule has 4 aromatic rings. The van der Waals surface area contributed by atoms with Crippen molar-refractivity contribution in [2.45, 2.75) is 40.2 Å². The summed E-state index contributed by atoms with van der Waals surface area (Å²) in [6.45, 7) is 8.42. The van der Waals surface area contributed by atoms with E-state index < -0.39 is 0 Å². The molecule has 0 bridgehead atoms. The molecular formula is C27H26ClN3O2. The van der Waals surface area contributed by atoms with Crippen LogP contribution in [0.25, 0.3) is 0 Å². The maximum atomic E-state index is 13.0. The molecule has 2 aromatic carbocycles. The zero-order valence-electron chi connectivity index (χ0n) is 19.1. The van der Waals surface area contributed by atoms with E-state index >= 15 is 0 Å². The zero-order chi connectivity index (χ0) is 23.7. The first-order valence-corrected chi connectivity index (χ1v) is 11.3. The lowest BCUT2D eigenvalue weighted by atomic mass is 10.0. The van der Waals surface area contributed by atoms with Gasteiger partial charge in [0.15, 0.2) is 0 Å². The molecule has 2 heterocycles. The number of aromatic nitrogens is 3. The van der Waals surface area contributed by atoms with Gasteiger partial charge in [0.2, 0.25) is 5.78 Å². The Kier molecular flexibility index (Phi) is 6.34. The van der Waals surface area contributed by atoms with Gasteiger partial charge in [0, 0.05) is 28.3 Å². The highest BCUT2D eigenvalue weighted by Crippen LogP contribution is 2.25. The van der Waals surface area contributed by atoms with E-state index in [9.17, 15) is 9.59 Å². The van der Waals surface area contributed by atoms with Gasteiger partial charge in [0.1, 0.15) is 0 Å². The Hall–Kier alpha value is -3.44. The molecule has 2 aromatic heterocycles. The summed E-state index contributed by atoms with van der Waals surface area (Å²) < 4.78 is 1.51. The van der Waals surface area contributed by atoms with Crippen LogP contribution in [0.4, 0.5) is 0 Å². The van der Waals surface area contributed by atoms with Crippen LogP contribution in [0, 0.1) is 20.8 Å². The number of halogens is 1. The minimum atomic E-state index is -0.144. The number of ketones is 1. The minimum Gasteiger partial charge on any atom is -0.355 e. The number of carbonyl (C=O) groups excluding carboxylic acids is 1. The predicted octanol–water partition coefficient (Wildman–Crippen LogP) is 5.58. The molecule has 0 aliphatic carbocycles. The predicted molar refractivity (Wildman–Crippen MR) is 131 cm³/mol. The van der Waals surface area contributed by atoms with Gasteiger partial charge >= 0.3 is 0 Å². The highest BCUT2D eigenvalue weighted by molar-refractivity contribution is 6.30. The van der Waals surface area contributed by atoms with Gasteiger partial charge in [-0.05, 0) is 79.4 Å². The van der Waals surface area contributed by atoms with Crippen LogP contribution in [-0.4, -0.2) is 20.5 Å². The summed E-state index contributed by atoms with van der Waals surface area (Å²) in [5.74, 6) is -0.212. The maximum absolute atomic E-state index is 13.0. The molecule has 168 valence electrons. The summed E-state index contributed by atoms with van der Waals surface area (Å²) in [7, 11) is 0. The fraction of sp³-hybridized carbons (Fsp3) is 0.222. The van der Waals surface area contributed by atoms with E-state index in [1.165, 1.54) is 4.68 Å². The molecule has 0 saturated heterocycles. The second-order valence-electron chi connectivity index (χ2n) is 8.46. The largest absolute Gasteiger partial charge is 0.355 e. The van der Waals surface area contributed by atoms with E-state index in [0.717, 1.165) is 33.6 Å². The second-order valence-corrected chi connectivity index (χ2v) is 8.90. The molecular weight excluding hydrogens is 434 g/mol. The number of hydrogen-bond donors (Lipinski definition) is 1. The molecule has 1 atom stereocenters. The van der Waals surface area contributed by atoms with Crippen molar-refractivity contribution in [2.75, 3.05) is 0 Å². The summed E-state index contributed by atoms with van der Waals surface area (Å²) in [6.07, 6.45) is 0. The monoisotopic (exact) mass is 459 g/mol. The van der Waals surface area contributed by atoms with Crippen molar-refractivity contribution >= 4 is 17.4 Å². The molecule has 0 spiro atoms. The lowest BCUT2D eigenvalue weighted by molar-refractivity contribution is 0.103. The Morgan fingerprint density at radius 3 is 2.33 bits per heavy atom. The van der Waals surface area contributed by atoms with Gasteiger partial charge < -0.3 is 4.98 Å². The zero-order valence-corrected chi connectivity index (χ0v) is 19.9. The van der Waals surface area contributed by atoms with E-state index in [2.05, 4.69) is 10.1 Å². The molecule has 33 heavy (non-hydrogen) atoms. The topological polar surface area (TPSA) is 67.8 Å². The van der Waals surface area contributed by atoms with Crippen molar-refractivity contribution < 1.29 is 4.79 Å². The number of nitrogens with zero attached hydrogens (tertiary/aromatic N) is 2. The SMILES string of the molecule is Cc1cc(C(C)c2ccc(=O)n(Cc3c(C)cccc3C)n2)[nH]c1C(=O)c1ccc(Cl)cc1. The number of aromatic amines is 1. The van der Waals surface area contributed by atoms with Gasteiger partial charge in [0.25, 0.3) is 5.56 Å². The van der Waals surface area contributed by atoms with Gasteiger partial charge in [0.05, 0.1) is 17.9 Å². The molecule has 0 aliphatic rings. The van der Waals surface area contributed by atoms with E-state index in [1.807, 2.05) is 52.0 Å². The molecule has 0 fully saturated rings. The highest BCUT2D eigenvalue weighted by atomic mass is 35.5. The van der Waals surface area contributed by atoms with Crippen LogP contribution in [0.2, 0.25) is 5.02 Å². The van der Waals surface area contributed by atoms with E-state index in [-0.39, 0.29) is 17.3 Å². The Labute approximate surface area is 198 Å². The van der Waals surface area contributed by atoms with Crippen LogP contribution >= 0.6 is 11.6 Å². The number of benzene rings is 2. The number of H-pyrrole nitrogens is 1. The summed E-state index contributed by atoms with van der Waals surface area (Å²) in [5.41, 5.74) is 6.83. The standard InChI is InChI=1S/C27H26ClN3O2/c1-16-6-5-7-17(2)22(16)15-31-25(32)13-12-23(30-31)19(4)24-14-18(3)26(29-24)27(33)20-8-10-21(28)11-9-20/h5-14,19,29H,15H2,1-4H3. The molecule has 0 saturated carbocycles. The first kappa shape index (κ1) is 22.7. The maximum Gasteiger partial charge on any atom is 0.267 e. The Morgan fingerprint density at radius 2 is 1.67 bits per heavy atom. The smallest absolute Gasteiger partial charge is 0.267 e. The molecule has 6 heteroatoms. The van der Waals surface area contributed by atoms with Gasteiger partial charge in [-0.3, -0.25) is 9.59 Å². The molecule has 5 nitrogen and oxygen atoms in total. The van der Waals surface area contributed by atoms with Crippen molar-refractivity contribution in [1.29, 1.82) is 0 Å². The van der Waals surface area contributed by atoms with Gasteiger partial charge in [-0.25, -0.2) is 4.68 Å². The Bertz CT molecular complexity index is 1360. The van der Waals surface area contributed by atoms with Gasteiger partial charge in [-0.1, -0.05) is 36.7 Å². The highest BCUT2D eigenvalue weighted by Gasteiger charge is 2.20. The third-order valence-corrected chi connectivity index (χ3v) is 6.37. The van der Waals surface area contributed by atoms with Crippen molar-refractivity contribution in [3.05, 3.63) is 121 Å². The third kappa shape index (κ3) is 4.69. The number of nitrogens with one attached hydrogen (secondary N) is 1. The molecule has 0 amide bonds. The van der Waals surface area contributed by atoms with Crippen molar-refractivity contribution in [1.82, 2.24) is 14.8 Å². The van der Waals surface area contributed by atoms with Gasteiger partial charge in [-0.15, -0.1) is 0 Å². The summed E-state index contributed by atoms with van der Waals surface area (Å²) >= 11 is 5.95. The molecule has 1 N–H and O–H groups in total. The quantitative estimate of drug-likeness (QED) is 0.382. The lowest BCUT2D eigenvalue weighted by Gasteiger charge is -2.14. The average Bonchev–Trinajstić information content (AvgIpc) is 3.18. The van der Waals surface area contributed by atoms with Gasteiger partial charge in [-0.2, -0.15) is 5.10 Å². The lowest BCUT2D eigenvalue weighted by Crippen LogP contribution is -2.25. The fourth-order valence-electron chi connectivity index (χ4n) is 4.02. The fourth-order valence-corrected chi connectivity index (χ4v) is 4.14. The van der Waals surface area contributed by atoms with E-state index in [4.69, 9.17) is 11.6 Å². The van der Waals surface area contributed by atoms with Crippen LogP contribution in [0.1, 0.15) is 62.5 Å². The molecule has 0 radical (unpaired) electrons. The van der Waals surface area contributed by atoms with Crippen LogP contribution in [0.15, 0.2) is 65.5 Å². The van der Waals surface area contributed by atoms with Crippen molar-refractivity contribution in [3.63, 3.8) is 0 Å². The Morgan fingerprint density at radius 1 is 1.00 bits per heavy atom. The molecule has 4 rings (SSSR count). The number of carbonyl (C=O) groups is 1. The molecule has 0 aliphatic heterocycles. The second kappa shape index (κ2) is 9.20. The Balaban J connectivity index is 1.64. The summed E-state index contributed by atoms with van der Waals surface area (Å²) in [6, 6.07) is 18.2. The van der Waals surface area contributed by atoms with Crippen molar-refractivity contribution in [2.24, 2.45) is 0 Å². The third-order valence-electron chi connectivity index (χ3n) is 6.12. The minimum absolute atomic E-state index is 0.0874. The first-order valence-electron chi connectivity index (χ1n) is 10.9. The summed E-state index contributed by atoms with van der Waals surface area (Å²) in [5, 5.41) is 5.25. The normalized spacial score (nSPS) is 12.0. The van der Waals surface area contributed by atoms with Crippen LogP contribution in [0.3, 0.4) is 0 Å². The first-order chi connectivity index (χ1) is 15.7. The average molecular weight is 460 g/mol. The molecule has 1 unspecified atom stereocenters. The number of hydrogen-bond acceptors (Lipinski definition) is 3. The van der Waals surface area contributed by atoms with Crippen molar-refractivity contribution in [3.8, 4) is 0 Å². The van der Waals surface area contributed by atoms with Crippen LogP contribution in [0.5, 0.6) is 0 Å². The van der Waals surface area contributed by atoms with Crippen LogP contribution in [-0.2, 0) is 6.54 Å². The van der Waals surface area contributed by atoms with E-state index in [0.29, 0.717) is 22.8 Å². The number of aryl methyl sites for hydroxylation is 3.